The molecule has 1 amide bonds. The number of fused-ring (bicyclic) bond motifs is 1. The molecule has 0 unspecified atom stereocenters. The summed E-state index contributed by atoms with van der Waals surface area (Å²) in [6.45, 7) is 1.59. The van der Waals surface area contributed by atoms with Crippen molar-refractivity contribution in [3.8, 4) is 0 Å². The smallest absolute Gasteiger partial charge is 0.233 e. The van der Waals surface area contributed by atoms with Gasteiger partial charge in [-0.15, -0.1) is 11.3 Å². The number of thioether (sulfide) groups is 1. The van der Waals surface area contributed by atoms with Crippen molar-refractivity contribution in [3.05, 3.63) is 35.6 Å². The van der Waals surface area contributed by atoms with Crippen molar-refractivity contribution in [2.45, 2.75) is 23.9 Å². The second-order valence-electron chi connectivity index (χ2n) is 5.78. The highest BCUT2D eigenvalue weighted by Crippen LogP contribution is 2.33. The van der Waals surface area contributed by atoms with Crippen LogP contribution in [-0.2, 0) is 4.79 Å². The summed E-state index contributed by atoms with van der Waals surface area (Å²) in [5.74, 6) is 0.888. The van der Waals surface area contributed by atoms with Crippen molar-refractivity contribution in [3.63, 3.8) is 0 Å². The normalized spacial score (nSPS) is 18.2. The number of likely N-dealkylation sites (tertiary alicyclic amines) is 1. The second-order valence-corrected chi connectivity index (χ2v) is 7.80. The van der Waals surface area contributed by atoms with Crippen molar-refractivity contribution in [2.75, 3.05) is 18.8 Å². The van der Waals surface area contributed by atoms with E-state index in [-0.39, 0.29) is 5.91 Å². The van der Waals surface area contributed by atoms with Gasteiger partial charge in [0.15, 0.2) is 5.16 Å². The van der Waals surface area contributed by atoms with E-state index in [4.69, 9.17) is 4.98 Å². The lowest BCUT2D eigenvalue weighted by molar-refractivity contribution is -0.129. The van der Waals surface area contributed by atoms with Crippen LogP contribution in [0.15, 0.2) is 35.7 Å². The van der Waals surface area contributed by atoms with Crippen LogP contribution in [0.2, 0.25) is 0 Å². The van der Waals surface area contributed by atoms with E-state index < -0.39 is 0 Å². The fourth-order valence-corrected chi connectivity index (χ4v) is 4.73. The average Bonchev–Trinajstić information content (AvgIpc) is 3.29. The molecule has 6 nitrogen and oxygen atoms in total. The standard InChI is InChI=1S/C16H17N5OS2/c22-14(9-23-16-17-10-18-20-16)21-7-3-4-11(8-21)15-19-12-5-1-2-6-13(12)24-15/h1-2,5-6,10-11H,3-4,7-9H2,(H,17,18,20)/t11-/m0/s1. The molecule has 8 heteroatoms. The first kappa shape index (κ1) is 15.6. The van der Waals surface area contributed by atoms with Crippen molar-refractivity contribution in [1.82, 2.24) is 25.1 Å². The molecule has 1 fully saturated rings. The number of carbonyl (C=O) groups excluding carboxylic acids is 1. The summed E-state index contributed by atoms with van der Waals surface area (Å²) < 4.78 is 1.22. The number of hydrogen-bond donors (Lipinski definition) is 1. The summed E-state index contributed by atoms with van der Waals surface area (Å²) in [6, 6.07) is 8.22. The van der Waals surface area contributed by atoms with Crippen LogP contribution in [0.25, 0.3) is 10.2 Å². The molecule has 0 spiro atoms. The first-order chi connectivity index (χ1) is 11.8. The topological polar surface area (TPSA) is 74.8 Å². The minimum atomic E-state index is 0.155. The molecule has 2 aromatic heterocycles. The Morgan fingerprint density at radius 2 is 2.33 bits per heavy atom. The lowest BCUT2D eigenvalue weighted by Gasteiger charge is -2.31. The second kappa shape index (κ2) is 6.90. The van der Waals surface area contributed by atoms with E-state index in [2.05, 4.69) is 27.3 Å². The van der Waals surface area contributed by atoms with Crippen molar-refractivity contribution < 1.29 is 4.79 Å². The summed E-state index contributed by atoms with van der Waals surface area (Å²) in [5, 5.41) is 8.40. The van der Waals surface area contributed by atoms with Crippen molar-refractivity contribution in [1.29, 1.82) is 0 Å². The van der Waals surface area contributed by atoms with Gasteiger partial charge in [-0.3, -0.25) is 9.89 Å². The number of hydrogen-bond acceptors (Lipinski definition) is 6. The molecule has 3 aromatic rings. The predicted octanol–water partition coefficient (Wildman–Crippen LogP) is 2.91. The molecule has 4 rings (SSSR count). The van der Waals surface area contributed by atoms with Crippen LogP contribution in [0.3, 0.4) is 0 Å². The Labute approximate surface area is 147 Å². The third-order valence-electron chi connectivity index (χ3n) is 4.16. The Kier molecular flexibility index (Phi) is 4.48. The molecular weight excluding hydrogens is 342 g/mol. The van der Waals surface area contributed by atoms with Crippen LogP contribution in [-0.4, -0.2) is 49.8 Å². The van der Waals surface area contributed by atoms with Crippen LogP contribution in [0, 0.1) is 0 Å². The van der Waals surface area contributed by atoms with Gasteiger partial charge in [0.1, 0.15) is 6.33 Å². The molecule has 1 aliphatic rings. The van der Waals surface area contributed by atoms with Crippen LogP contribution in [0.1, 0.15) is 23.8 Å². The fourth-order valence-electron chi connectivity index (χ4n) is 2.96. The SMILES string of the molecule is O=C(CSc1ncn[nH]1)N1CCC[C@H](c2nc3ccccc3s2)C1. The van der Waals surface area contributed by atoms with E-state index in [1.165, 1.54) is 22.8 Å². The molecule has 124 valence electrons. The fraction of sp³-hybridized carbons (Fsp3) is 0.375. The molecule has 3 heterocycles. The number of piperidine rings is 1. The molecule has 1 N–H and O–H groups in total. The molecule has 1 saturated heterocycles. The summed E-state index contributed by atoms with van der Waals surface area (Å²) >= 11 is 3.15. The minimum Gasteiger partial charge on any atom is -0.341 e. The molecular formula is C16H17N5OS2. The molecule has 0 bridgehead atoms. The Morgan fingerprint density at radius 1 is 1.42 bits per heavy atom. The van der Waals surface area contributed by atoms with Gasteiger partial charge in [-0.25, -0.2) is 9.97 Å². The van der Waals surface area contributed by atoms with Gasteiger partial charge < -0.3 is 4.90 Å². The highest BCUT2D eigenvalue weighted by atomic mass is 32.2. The number of H-pyrrole nitrogens is 1. The summed E-state index contributed by atoms with van der Waals surface area (Å²) in [7, 11) is 0. The van der Waals surface area contributed by atoms with E-state index >= 15 is 0 Å². The predicted molar refractivity (Wildman–Crippen MR) is 95.3 cm³/mol. The molecule has 0 saturated carbocycles. The number of nitrogens with zero attached hydrogens (tertiary/aromatic N) is 4. The Hall–Kier alpha value is -1.93. The Balaban J connectivity index is 1.42. The number of rotatable bonds is 4. The van der Waals surface area contributed by atoms with Gasteiger partial charge >= 0.3 is 0 Å². The van der Waals surface area contributed by atoms with Gasteiger partial charge in [0.25, 0.3) is 0 Å². The van der Waals surface area contributed by atoms with Crippen LogP contribution in [0.4, 0.5) is 0 Å². The lowest BCUT2D eigenvalue weighted by Crippen LogP contribution is -2.40. The number of amides is 1. The minimum absolute atomic E-state index is 0.155. The molecule has 1 aromatic carbocycles. The zero-order valence-electron chi connectivity index (χ0n) is 13.0. The Morgan fingerprint density at radius 3 is 3.17 bits per heavy atom. The average molecular weight is 359 g/mol. The van der Waals surface area contributed by atoms with Crippen LogP contribution in [0.5, 0.6) is 0 Å². The van der Waals surface area contributed by atoms with Crippen LogP contribution < -0.4 is 0 Å². The van der Waals surface area contributed by atoms with Crippen LogP contribution >= 0.6 is 23.1 Å². The van der Waals surface area contributed by atoms with Gasteiger partial charge in [-0.05, 0) is 25.0 Å². The Bertz CT molecular complexity index is 799. The maximum absolute atomic E-state index is 12.5. The first-order valence-electron chi connectivity index (χ1n) is 7.91. The molecule has 0 aliphatic carbocycles. The van der Waals surface area contributed by atoms with E-state index in [0.29, 0.717) is 16.8 Å². The highest BCUT2D eigenvalue weighted by Gasteiger charge is 2.27. The van der Waals surface area contributed by atoms with E-state index in [1.54, 1.807) is 11.3 Å². The zero-order valence-corrected chi connectivity index (χ0v) is 14.6. The number of para-hydroxylation sites is 1. The maximum Gasteiger partial charge on any atom is 0.233 e. The number of thiazole rings is 1. The highest BCUT2D eigenvalue weighted by molar-refractivity contribution is 7.99. The summed E-state index contributed by atoms with van der Waals surface area (Å²) in [6.07, 6.45) is 3.58. The zero-order chi connectivity index (χ0) is 16.4. The molecule has 1 aliphatic heterocycles. The van der Waals surface area contributed by atoms with Gasteiger partial charge in [0.2, 0.25) is 5.91 Å². The third-order valence-corrected chi connectivity index (χ3v) is 6.22. The number of aromatic amines is 1. The van der Waals surface area contributed by atoms with Gasteiger partial charge in [-0.2, -0.15) is 5.10 Å². The largest absolute Gasteiger partial charge is 0.341 e. The maximum atomic E-state index is 12.5. The summed E-state index contributed by atoms with van der Waals surface area (Å²) in [5.41, 5.74) is 1.06. The first-order valence-corrected chi connectivity index (χ1v) is 9.71. The molecule has 1 atom stereocenters. The third kappa shape index (κ3) is 3.29. The number of carbonyl (C=O) groups is 1. The van der Waals surface area contributed by atoms with E-state index in [9.17, 15) is 4.79 Å². The lowest BCUT2D eigenvalue weighted by atomic mass is 9.99. The van der Waals surface area contributed by atoms with Gasteiger partial charge in [0, 0.05) is 19.0 Å². The number of benzene rings is 1. The molecule has 0 radical (unpaired) electrons. The van der Waals surface area contributed by atoms with Gasteiger partial charge in [-0.1, -0.05) is 23.9 Å². The summed E-state index contributed by atoms with van der Waals surface area (Å²) in [4.78, 5) is 23.2. The number of nitrogens with one attached hydrogen (secondary N) is 1. The van der Waals surface area contributed by atoms with E-state index in [0.717, 1.165) is 36.5 Å². The molecule has 24 heavy (non-hydrogen) atoms. The number of aromatic nitrogens is 4. The monoisotopic (exact) mass is 359 g/mol. The van der Waals surface area contributed by atoms with Crippen molar-refractivity contribution >= 4 is 39.2 Å². The van der Waals surface area contributed by atoms with Gasteiger partial charge in [0.05, 0.1) is 21.0 Å². The van der Waals surface area contributed by atoms with Crippen molar-refractivity contribution in [2.24, 2.45) is 0 Å². The quantitative estimate of drug-likeness (QED) is 0.725. The van der Waals surface area contributed by atoms with E-state index in [1.807, 2.05) is 17.0 Å².